The van der Waals surface area contributed by atoms with E-state index in [1.165, 1.54) is 71.7 Å². The van der Waals surface area contributed by atoms with E-state index in [2.05, 4.69) is 10.3 Å². The number of hydrogen-bond donors (Lipinski definition) is 1. The van der Waals surface area contributed by atoms with E-state index in [1.54, 1.807) is 5.38 Å². The number of benzene rings is 2. The zero-order valence-electron chi connectivity index (χ0n) is 22.2. The van der Waals surface area contributed by atoms with Crippen molar-refractivity contribution < 1.29 is 33.7 Å². The number of nitrogens with zero attached hydrogens (tertiary/aromatic N) is 4. The zero-order valence-corrected chi connectivity index (χ0v) is 23.8. The number of thiazole rings is 1. The van der Waals surface area contributed by atoms with E-state index in [0.29, 0.717) is 28.2 Å². The Balaban J connectivity index is 1.33. The molecule has 1 saturated heterocycles. The van der Waals surface area contributed by atoms with Crippen molar-refractivity contribution in [1.29, 1.82) is 0 Å². The Kier molecular flexibility index (Phi) is 10.0. The highest BCUT2D eigenvalue weighted by Crippen LogP contribution is 2.38. The molecule has 0 unspecified atom stereocenters. The number of rotatable bonds is 10. The minimum atomic E-state index is -0.694. The van der Waals surface area contributed by atoms with Gasteiger partial charge in [-0.1, -0.05) is 11.8 Å². The highest BCUT2D eigenvalue weighted by Gasteiger charge is 2.39. The van der Waals surface area contributed by atoms with Gasteiger partial charge in [-0.2, -0.15) is 0 Å². The summed E-state index contributed by atoms with van der Waals surface area (Å²) in [5, 5.41) is 26.3. The second kappa shape index (κ2) is 13.9. The largest absolute Gasteiger partial charge is 0.445 e. The fourth-order valence-corrected chi connectivity index (χ4v) is 5.93. The van der Waals surface area contributed by atoms with Gasteiger partial charge in [0.1, 0.15) is 18.2 Å². The van der Waals surface area contributed by atoms with Gasteiger partial charge in [0.15, 0.2) is 5.12 Å². The third-order valence-electron chi connectivity index (χ3n) is 6.15. The first-order chi connectivity index (χ1) is 20.1. The Morgan fingerprint density at radius 3 is 2.12 bits per heavy atom. The molecule has 2 amide bonds. The summed E-state index contributed by atoms with van der Waals surface area (Å²) in [6.45, 7) is 1.66. The van der Waals surface area contributed by atoms with Gasteiger partial charge in [0.25, 0.3) is 11.4 Å². The second-order valence-electron chi connectivity index (χ2n) is 9.13. The van der Waals surface area contributed by atoms with Crippen LogP contribution in [0.4, 0.5) is 21.0 Å². The van der Waals surface area contributed by atoms with Crippen LogP contribution in [-0.2, 0) is 34.0 Å². The Bertz CT molecular complexity index is 1460. The molecule has 0 radical (unpaired) electrons. The van der Waals surface area contributed by atoms with Crippen LogP contribution < -0.4 is 5.32 Å². The molecule has 0 saturated carbocycles. The predicted molar refractivity (Wildman–Crippen MR) is 152 cm³/mol. The summed E-state index contributed by atoms with van der Waals surface area (Å²) in [7, 11) is 0. The number of ether oxygens (including phenoxy) is 2. The molecular formula is C26H25N5O9S2. The number of nitro groups is 2. The maximum absolute atomic E-state index is 13.0. The number of non-ortho nitro benzene ring substituents is 2. The molecule has 4 rings (SSSR count). The lowest BCUT2D eigenvalue weighted by atomic mass is 10.2. The molecule has 0 aliphatic carbocycles. The van der Waals surface area contributed by atoms with E-state index in [1.807, 2.05) is 0 Å². The number of aromatic nitrogens is 1. The molecule has 1 N–H and O–H groups in total. The van der Waals surface area contributed by atoms with Crippen molar-refractivity contribution in [2.75, 3.05) is 6.54 Å². The molecule has 3 aromatic rings. The van der Waals surface area contributed by atoms with Gasteiger partial charge in [0.2, 0.25) is 0 Å². The SMILES string of the molecule is CC(=O)S[C@@H]1C[C@@H](c2csc(CNC(=O)OCc3ccc([N+](=O)[O-])cc3)n2)N(C(=O)OCc2ccc([N+](=O)[O-])cc2)C1. The average Bonchev–Trinajstić information content (AvgIpc) is 3.61. The molecule has 14 nitrogen and oxygen atoms in total. The highest BCUT2D eigenvalue weighted by molar-refractivity contribution is 8.14. The maximum atomic E-state index is 13.0. The molecule has 1 fully saturated rings. The second-order valence-corrected chi connectivity index (χ2v) is 11.6. The molecule has 42 heavy (non-hydrogen) atoms. The van der Waals surface area contributed by atoms with Crippen LogP contribution in [0.15, 0.2) is 53.9 Å². The summed E-state index contributed by atoms with van der Waals surface area (Å²) < 4.78 is 10.6. The molecular weight excluding hydrogens is 590 g/mol. The highest BCUT2D eigenvalue weighted by atomic mass is 32.2. The van der Waals surface area contributed by atoms with Gasteiger partial charge in [-0.05, 0) is 41.8 Å². The average molecular weight is 616 g/mol. The van der Waals surface area contributed by atoms with Crippen LogP contribution in [0.1, 0.15) is 41.2 Å². The maximum Gasteiger partial charge on any atom is 0.410 e. The third-order valence-corrected chi connectivity index (χ3v) is 8.03. The van der Waals surface area contributed by atoms with Crippen LogP contribution in [0.2, 0.25) is 0 Å². The number of nitrogens with one attached hydrogen (secondary N) is 1. The normalized spacial score (nSPS) is 16.1. The molecule has 2 aromatic carbocycles. The number of thioether (sulfide) groups is 1. The monoisotopic (exact) mass is 615 g/mol. The van der Waals surface area contributed by atoms with Crippen LogP contribution in [0.25, 0.3) is 0 Å². The quantitative estimate of drug-likeness (QED) is 0.236. The fraction of sp³-hybridized carbons (Fsp3) is 0.308. The zero-order chi connectivity index (χ0) is 30.2. The van der Waals surface area contributed by atoms with Crippen LogP contribution >= 0.6 is 23.1 Å². The smallest absolute Gasteiger partial charge is 0.410 e. The van der Waals surface area contributed by atoms with E-state index in [-0.39, 0.29) is 48.0 Å². The van der Waals surface area contributed by atoms with Gasteiger partial charge in [-0.25, -0.2) is 14.6 Å². The summed E-state index contributed by atoms with van der Waals surface area (Å²) in [6.07, 6.45) is -0.821. The Morgan fingerprint density at radius 1 is 1.00 bits per heavy atom. The van der Waals surface area contributed by atoms with Crippen LogP contribution in [0.3, 0.4) is 0 Å². The van der Waals surface area contributed by atoms with Gasteiger partial charge < -0.3 is 14.8 Å². The first-order valence-corrected chi connectivity index (χ1v) is 14.3. The molecule has 0 bridgehead atoms. The van der Waals surface area contributed by atoms with Crippen molar-refractivity contribution in [3.63, 3.8) is 0 Å². The van der Waals surface area contributed by atoms with Crippen molar-refractivity contribution in [3.05, 3.63) is 96.0 Å². The van der Waals surface area contributed by atoms with Crippen LogP contribution in [0, 0.1) is 20.2 Å². The number of nitro benzene ring substituents is 2. The molecule has 1 aromatic heterocycles. The predicted octanol–water partition coefficient (Wildman–Crippen LogP) is 5.12. The van der Waals surface area contributed by atoms with Crippen molar-refractivity contribution in [1.82, 2.24) is 15.2 Å². The van der Waals surface area contributed by atoms with E-state index < -0.39 is 28.1 Å². The van der Waals surface area contributed by atoms with Crippen LogP contribution in [-0.4, -0.2) is 48.8 Å². The molecule has 0 spiro atoms. The van der Waals surface area contributed by atoms with Gasteiger partial charge >= 0.3 is 12.2 Å². The van der Waals surface area contributed by atoms with E-state index in [4.69, 9.17) is 9.47 Å². The molecule has 220 valence electrons. The molecule has 2 atom stereocenters. The first-order valence-electron chi connectivity index (χ1n) is 12.5. The van der Waals surface area contributed by atoms with Crippen molar-refractivity contribution in [3.8, 4) is 0 Å². The Hall–Kier alpha value is -4.57. The Morgan fingerprint density at radius 2 is 1.57 bits per heavy atom. The van der Waals surface area contributed by atoms with E-state index in [9.17, 15) is 34.6 Å². The van der Waals surface area contributed by atoms with Crippen molar-refractivity contribution in [2.24, 2.45) is 0 Å². The molecule has 16 heteroatoms. The standard InChI is InChI=1S/C26H25N5O9S2/c1-16(32)42-21-10-23(29(12-21)26(34)40-14-18-4-8-20(9-5-18)31(37)38)22-15-41-24(28-22)11-27-25(33)39-13-17-2-6-19(7-3-17)30(35)36/h2-9,15,21,23H,10-14H2,1H3,(H,27,33)/t21-,23+/m1/s1. The number of carbonyl (C=O) groups is 3. The number of amides is 2. The van der Waals surface area contributed by atoms with Gasteiger partial charge in [-0.15, -0.1) is 11.3 Å². The molecule has 1 aliphatic rings. The summed E-state index contributed by atoms with van der Waals surface area (Å²) in [6, 6.07) is 10.9. The number of alkyl carbamates (subject to hydrolysis) is 1. The minimum absolute atomic E-state index is 0.0624. The first kappa shape index (κ1) is 30.4. The lowest BCUT2D eigenvalue weighted by Crippen LogP contribution is -2.32. The van der Waals surface area contributed by atoms with E-state index >= 15 is 0 Å². The van der Waals surface area contributed by atoms with Gasteiger partial charge in [0, 0.05) is 48.4 Å². The summed E-state index contributed by atoms with van der Waals surface area (Å²) in [5.41, 5.74) is 1.64. The topological polar surface area (TPSA) is 184 Å². The fourth-order valence-electron chi connectivity index (χ4n) is 4.16. The molecule has 2 heterocycles. The molecule has 1 aliphatic heterocycles. The number of likely N-dealkylation sites (tertiary alicyclic amines) is 1. The van der Waals surface area contributed by atoms with Crippen molar-refractivity contribution >= 4 is 51.8 Å². The summed E-state index contributed by atoms with van der Waals surface area (Å²) in [5.74, 6) is 0. The van der Waals surface area contributed by atoms with E-state index in [0.717, 1.165) is 11.8 Å². The van der Waals surface area contributed by atoms with Crippen LogP contribution in [0.5, 0.6) is 0 Å². The minimum Gasteiger partial charge on any atom is -0.445 e. The van der Waals surface area contributed by atoms with Gasteiger partial charge in [0.05, 0.1) is 28.1 Å². The number of carbonyl (C=O) groups excluding carboxylic acids is 3. The lowest BCUT2D eigenvalue weighted by molar-refractivity contribution is -0.385. The van der Waals surface area contributed by atoms with Crippen molar-refractivity contribution in [2.45, 2.75) is 44.4 Å². The van der Waals surface area contributed by atoms with Gasteiger partial charge in [-0.3, -0.25) is 29.9 Å². The Labute approximate surface area is 247 Å². The third kappa shape index (κ3) is 8.23. The summed E-state index contributed by atoms with van der Waals surface area (Å²) >= 11 is 2.43. The summed E-state index contributed by atoms with van der Waals surface area (Å²) in [4.78, 5) is 63.6. The number of hydrogen-bond acceptors (Lipinski definition) is 12. The lowest BCUT2D eigenvalue weighted by Gasteiger charge is -2.22.